The number of Topliss-reactive ketones (excluding diaryl/α,β-unsaturated/α-hetero) is 1. The van der Waals surface area contributed by atoms with E-state index in [0.717, 1.165) is 12.3 Å². The zero-order valence-electron chi connectivity index (χ0n) is 26.0. The van der Waals surface area contributed by atoms with Crippen LogP contribution >= 0.6 is 0 Å². The van der Waals surface area contributed by atoms with Crippen molar-refractivity contribution in [3.05, 3.63) is 0 Å². The molecule has 0 aromatic rings. The van der Waals surface area contributed by atoms with Gasteiger partial charge in [-0.15, -0.1) is 0 Å². The molecule has 0 amide bonds. The molecule has 2 nitrogen and oxygen atoms in total. The molecule has 1 atom stereocenters. The van der Waals surface area contributed by atoms with Crippen molar-refractivity contribution in [2.75, 3.05) is 19.6 Å². The van der Waals surface area contributed by atoms with Crippen molar-refractivity contribution in [3.8, 4) is 0 Å². The highest BCUT2D eigenvalue weighted by molar-refractivity contribution is 5.79. The molecule has 1 saturated carbocycles. The van der Waals surface area contributed by atoms with Crippen LogP contribution in [0.25, 0.3) is 0 Å². The van der Waals surface area contributed by atoms with Crippen LogP contribution in [0.15, 0.2) is 0 Å². The van der Waals surface area contributed by atoms with Crippen molar-refractivity contribution >= 4 is 5.78 Å². The number of rotatable bonds is 8. The smallest absolute Gasteiger partial charge is 0.133 e. The number of carbonyl (C=O) groups excluding carboxylic acids is 1. The van der Waals surface area contributed by atoms with Crippen LogP contribution in [0.4, 0.5) is 0 Å². The summed E-state index contributed by atoms with van der Waals surface area (Å²) in [6.07, 6.45) is 5.41. The lowest BCUT2D eigenvalue weighted by Gasteiger charge is -2.46. The van der Waals surface area contributed by atoms with E-state index >= 15 is 0 Å². The van der Waals surface area contributed by atoms with Gasteiger partial charge in [0, 0.05) is 5.92 Å². The summed E-state index contributed by atoms with van der Waals surface area (Å²) in [7, 11) is 0. The zero-order chi connectivity index (χ0) is 26.8. The minimum atomic E-state index is 0.0338. The molecule has 0 N–H and O–H groups in total. The van der Waals surface area contributed by atoms with Gasteiger partial charge in [-0.05, 0) is 61.6 Å². The lowest BCUT2D eigenvalue weighted by Crippen LogP contribution is -2.42. The van der Waals surface area contributed by atoms with Crippen LogP contribution < -0.4 is 0 Å². The van der Waals surface area contributed by atoms with E-state index in [1.165, 1.54) is 38.9 Å². The maximum atomic E-state index is 11.9. The number of hydrogen-bond acceptors (Lipinski definition) is 2. The normalized spacial score (nSPS) is 14.3. The third-order valence-electron chi connectivity index (χ3n) is 6.56. The summed E-state index contributed by atoms with van der Waals surface area (Å²) in [6.45, 7) is 39.8. The third-order valence-corrected chi connectivity index (χ3v) is 6.56. The van der Waals surface area contributed by atoms with Gasteiger partial charge in [-0.3, -0.25) is 4.79 Å². The minimum absolute atomic E-state index is 0.0338. The molecule has 32 heavy (non-hydrogen) atoms. The van der Waals surface area contributed by atoms with Gasteiger partial charge in [0.1, 0.15) is 5.78 Å². The van der Waals surface area contributed by atoms with Gasteiger partial charge >= 0.3 is 0 Å². The van der Waals surface area contributed by atoms with E-state index in [0.29, 0.717) is 5.78 Å². The Balaban J connectivity index is -0.000000209. The standard InChI is InChI=1S/C15H30O.C9H19N.3C2H6/c1-11(16)12(10-13(2,3)4)15(8,9)14(5,6)7;1-3-10(4-2)8-7-9-5-6-9;3*1-2/h12H,10H2,1-9H3;9H,3-8H2,1-2H3;3*1-2H3. The van der Waals surface area contributed by atoms with E-state index in [1.807, 2.05) is 41.5 Å². The van der Waals surface area contributed by atoms with Crippen molar-refractivity contribution in [1.82, 2.24) is 4.90 Å². The van der Waals surface area contributed by atoms with Crippen molar-refractivity contribution in [2.45, 2.75) is 143 Å². The molecule has 0 radical (unpaired) electrons. The topological polar surface area (TPSA) is 20.3 Å². The summed E-state index contributed by atoms with van der Waals surface area (Å²) in [5.74, 6) is 1.57. The van der Waals surface area contributed by atoms with Gasteiger partial charge in [-0.1, -0.05) is 124 Å². The average molecular weight is 458 g/mol. The minimum Gasteiger partial charge on any atom is -0.304 e. The molecule has 0 aromatic heterocycles. The van der Waals surface area contributed by atoms with Crippen molar-refractivity contribution in [2.24, 2.45) is 28.1 Å². The molecular formula is C30H67NO. The average Bonchev–Trinajstić information content (AvgIpc) is 3.55. The van der Waals surface area contributed by atoms with Crippen LogP contribution in [-0.4, -0.2) is 30.3 Å². The monoisotopic (exact) mass is 458 g/mol. The summed E-state index contributed by atoms with van der Waals surface area (Å²) >= 11 is 0. The van der Waals surface area contributed by atoms with E-state index in [9.17, 15) is 4.79 Å². The fraction of sp³-hybridized carbons (Fsp3) is 0.967. The maximum Gasteiger partial charge on any atom is 0.133 e. The molecule has 1 fully saturated rings. The molecule has 0 heterocycles. The zero-order valence-corrected chi connectivity index (χ0v) is 26.0. The van der Waals surface area contributed by atoms with E-state index in [2.05, 4.69) is 74.1 Å². The predicted molar refractivity (Wildman–Crippen MR) is 151 cm³/mol. The van der Waals surface area contributed by atoms with Gasteiger partial charge in [0.15, 0.2) is 0 Å². The first-order chi connectivity index (χ1) is 14.7. The molecular weight excluding hydrogens is 390 g/mol. The summed E-state index contributed by atoms with van der Waals surface area (Å²) in [4.78, 5) is 14.4. The Kier molecular flexibility index (Phi) is 24.3. The molecule has 1 rings (SSSR count). The number of nitrogens with zero attached hydrogens (tertiary/aromatic N) is 1. The van der Waals surface area contributed by atoms with E-state index < -0.39 is 0 Å². The Morgan fingerprint density at radius 2 is 1.19 bits per heavy atom. The van der Waals surface area contributed by atoms with Crippen LogP contribution in [0.2, 0.25) is 0 Å². The second-order valence-electron chi connectivity index (χ2n) is 11.2. The molecule has 0 bridgehead atoms. The van der Waals surface area contributed by atoms with E-state index in [-0.39, 0.29) is 22.2 Å². The summed E-state index contributed by atoms with van der Waals surface area (Å²) in [5.41, 5.74) is 0.388. The van der Waals surface area contributed by atoms with Gasteiger partial charge < -0.3 is 4.90 Å². The first kappa shape index (κ1) is 38.9. The number of carbonyl (C=O) groups is 1. The van der Waals surface area contributed by atoms with Gasteiger partial charge in [0.25, 0.3) is 0 Å². The largest absolute Gasteiger partial charge is 0.304 e. The summed E-state index contributed by atoms with van der Waals surface area (Å²) < 4.78 is 0. The van der Waals surface area contributed by atoms with E-state index in [4.69, 9.17) is 0 Å². The van der Waals surface area contributed by atoms with Crippen LogP contribution in [-0.2, 0) is 4.79 Å². The lowest BCUT2D eigenvalue weighted by atomic mass is 9.58. The predicted octanol–water partition coefficient (Wildman–Crippen LogP) is 9.91. The second-order valence-corrected chi connectivity index (χ2v) is 11.2. The molecule has 0 aliphatic heterocycles. The molecule has 1 aliphatic rings. The highest BCUT2D eigenvalue weighted by Gasteiger charge is 2.43. The van der Waals surface area contributed by atoms with Crippen molar-refractivity contribution in [1.29, 1.82) is 0 Å². The lowest BCUT2D eigenvalue weighted by molar-refractivity contribution is -0.129. The quantitative estimate of drug-likeness (QED) is 0.361. The Morgan fingerprint density at radius 3 is 1.41 bits per heavy atom. The van der Waals surface area contributed by atoms with Crippen LogP contribution in [0.1, 0.15) is 143 Å². The molecule has 198 valence electrons. The third kappa shape index (κ3) is 19.1. The Labute approximate surface area is 206 Å². The van der Waals surface area contributed by atoms with Crippen LogP contribution in [0.5, 0.6) is 0 Å². The summed E-state index contributed by atoms with van der Waals surface area (Å²) in [5, 5.41) is 0. The van der Waals surface area contributed by atoms with Crippen LogP contribution in [0, 0.1) is 28.1 Å². The number of hydrogen-bond donors (Lipinski definition) is 0. The first-order valence-corrected chi connectivity index (χ1v) is 13.9. The summed E-state index contributed by atoms with van der Waals surface area (Å²) in [6, 6.07) is 0. The van der Waals surface area contributed by atoms with Crippen LogP contribution in [0.3, 0.4) is 0 Å². The molecule has 0 spiro atoms. The molecule has 0 aromatic carbocycles. The highest BCUT2D eigenvalue weighted by Crippen LogP contribution is 2.48. The number of ketones is 1. The van der Waals surface area contributed by atoms with Crippen molar-refractivity contribution in [3.63, 3.8) is 0 Å². The second kappa shape index (κ2) is 20.0. The van der Waals surface area contributed by atoms with Gasteiger partial charge in [0.2, 0.25) is 0 Å². The Hall–Kier alpha value is -0.370. The van der Waals surface area contributed by atoms with E-state index in [1.54, 1.807) is 6.92 Å². The maximum absolute atomic E-state index is 11.9. The Bertz CT molecular complexity index is 404. The van der Waals surface area contributed by atoms with Gasteiger partial charge in [-0.25, -0.2) is 0 Å². The first-order valence-electron chi connectivity index (χ1n) is 13.9. The SMILES string of the molecule is CC.CC.CC.CC(=O)C(CC(C)(C)C)C(C)(C)C(C)(C)C.CCN(CC)CCC1CC1. The fourth-order valence-corrected chi connectivity index (χ4v) is 3.35. The molecule has 1 unspecified atom stereocenters. The fourth-order valence-electron chi connectivity index (χ4n) is 3.35. The molecule has 2 heteroatoms. The Morgan fingerprint density at radius 1 is 0.812 bits per heavy atom. The molecule has 0 saturated heterocycles. The molecule has 1 aliphatic carbocycles. The van der Waals surface area contributed by atoms with Gasteiger partial charge in [-0.2, -0.15) is 0 Å². The van der Waals surface area contributed by atoms with Gasteiger partial charge in [0.05, 0.1) is 0 Å². The van der Waals surface area contributed by atoms with Crippen molar-refractivity contribution < 1.29 is 4.79 Å². The highest BCUT2D eigenvalue weighted by atomic mass is 16.1.